The largest absolute Gasteiger partial charge is 0.455 e. The minimum atomic E-state index is -0.424. The van der Waals surface area contributed by atoms with Crippen molar-refractivity contribution in [2.24, 2.45) is 11.3 Å². The molecular weight excluding hydrogens is 392 g/mol. The number of likely N-dealkylation sites (tertiary alicyclic amines) is 1. The first-order chi connectivity index (χ1) is 14.7. The molecule has 3 rings (SSSR count). The normalized spacial score (nSPS) is 16.1. The molecule has 1 fully saturated rings. The molecule has 1 aliphatic heterocycles. The first kappa shape index (κ1) is 22.8. The predicted molar refractivity (Wildman–Crippen MR) is 120 cm³/mol. The van der Waals surface area contributed by atoms with E-state index in [1.54, 1.807) is 0 Å². The van der Waals surface area contributed by atoms with E-state index in [0.29, 0.717) is 25.9 Å². The van der Waals surface area contributed by atoms with Crippen molar-refractivity contribution in [3.63, 3.8) is 0 Å². The van der Waals surface area contributed by atoms with Crippen molar-refractivity contribution in [3.8, 4) is 0 Å². The van der Waals surface area contributed by atoms with E-state index in [1.165, 1.54) is 0 Å². The number of esters is 1. The summed E-state index contributed by atoms with van der Waals surface area (Å²) >= 11 is 0. The molecule has 0 aromatic heterocycles. The minimum Gasteiger partial charge on any atom is -0.455 e. The lowest BCUT2D eigenvalue weighted by Gasteiger charge is -2.34. The molecule has 1 N–H and O–H groups in total. The molecule has 31 heavy (non-hydrogen) atoms. The third-order valence-corrected chi connectivity index (χ3v) is 5.77. The fraction of sp³-hybridized carbons (Fsp3) is 0.480. The number of piperidine rings is 1. The Morgan fingerprint density at radius 2 is 1.71 bits per heavy atom. The van der Waals surface area contributed by atoms with Gasteiger partial charge in [0.2, 0.25) is 5.91 Å². The van der Waals surface area contributed by atoms with Crippen LogP contribution in [0.2, 0.25) is 0 Å². The third-order valence-electron chi connectivity index (χ3n) is 5.77. The molecule has 6 heteroatoms. The molecule has 1 aliphatic rings. The highest BCUT2D eigenvalue weighted by molar-refractivity contribution is 5.87. The zero-order chi connectivity index (χ0) is 22.6. The van der Waals surface area contributed by atoms with E-state index < -0.39 is 5.41 Å². The van der Waals surface area contributed by atoms with Gasteiger partial charge in [0, 0.05) is 18.5 Å². The number of nitrogens with zero attached hydrogens (tertiary/aromatic N) is 1. The van der Waals surface area contributed by atoms with Gasteiger partial charge in [-0.25, -0.2) is 0 Å². The van der Waals surface area contributed by atoms with Crippen LogP contribution in [0.25, 0.3) is 10.8 Å². The number of fused-ring (bicyclic) bond motifs is 1. The Labute approximate surface area is 183 Å². The maximum atomic E-state index is 12.4. The smallest absolute Gasteiger partial charge is 0.309 e. The van der Waals surface area contributed by atoms with E-state index >= 15 is 0 Å². The van der Waals surface area contributed by atoms with Gasteiger partial charge in [-0.1, -0.05) is 63.2 Å². The Morgan fingerprint density at radius 3 is 2.39 bits per heavy atom. The first-order valence-corrected chi connectivity index (χ1v) is 10.9. The molecule has 0 radical (unpaired) electrons. The Kier molecular flexibility index (Phi) is 6.98. The molecule has 6 nitrogen and oxygen atoms in total. The van der Waals surface area contributed by atoms with Crippen molar-refractivity contribution in [1.82, 2.24) is 10.2 Å². The van der Waals surface area contributed by atoms with Crippen molar-refractivity contribution in [2.75, 3.05) is 19.7 Å². The summed E-state index contributed by atoms with van der Waals surface area (Å²) in [6, 6.07) is 13.8. The predicted octanol–water partition coefficient (Wildman–Crippen LogP) is 3.84. The van der Waals surface area contributed by atoms with Gasteiger partial charge in [0.1, 0.15) is 0 Å². The Bertz CT molecular complexity index is 950. The van der Waals surface area contributed by atoms with Crippen LogP contribution in [-0.4, -0.2) is 42.4 Å². The van der Waals surface area contributed by atoms with Gasteiger partial charge >= 0.3 is 5.97 Å². The van der Waals surface area contributed by atoms with Crippen LogP contribution in [0.3, 0.4) is 0 Å². The maximum Gasteiger partial charge on any atom is 0.309 e. The molecule has 166 valence electrons. The lowest BCUT2D eigenvalue weighted by molar-refractivity contribution is -0.155. The van der Waals surface area contributed by atoms with Crippen LogP contribution in [0.4, 0.5) is 0 Å². The number of rotatable bonds is 5. The lowest BCUT2D eigenvalue weighted by Crippen LogP contribution is -2.45. The average molecular weight is 425 g/mol. The summed E-state index contributed by atoms with van der Waals surface area (Å²) in [5, 5.41) is 5.12. The molecule has 0 spiro atoms. The van der Waals surface area contributed by atoms with Crippen molar-refractivity contribution < 1.29 is 19.1 Å². The number of amides is 2. The number of hydrogen-bond acceptors (Lipinski definition) is 4. The van der Waals surface area contributed by atoms with Crippen LogP contribution in [0, 0.1) is 11.3 Å². The quantitative estimate of drug-likeness (QED) is 0.740. The van der Waals surface area contributed by atoms with E-state index in [9.17, 15) is 14.4 Å². The summed E-state index contributed by atoms with van der Waals surface area (Å²) < 4.78 is 5.28. The third kappa shape index (κ3) is 5.63. The zero-order valence-corrected chi connectivity index (χ0v) is 18.8. The highest BCUT2D eigenvalue weighted by Gasteiger charge is 2.33. The van der Waals surface area contributed by atoms with Gasteiger partial charge in [-0.3, -0.25) is 14.4 Å². The Morgan fingerprint density at radius 1 is 1.06 bits per heavy atom. The molecule has 2 amide bonds. The van der Waals surface area contributed by atoms with Crippen LogP contribution in [-0.2, 0) is 19.1 Å². The van der Waals surface area contributed by atoms with E-state index in [0.717, 1.165) is 16.3 Å². The second kappa shape index (κ2) is 9.50. The molecule has 0 saturated carbocycles. The fourth-order valence-electron chi connectivity index (χ4n) is 4.04. The molecule has 0 aliphatic carbocycles. The minimum absolute atomic E-state index is 0.0983. The number of carbonyl (C=O) groups excluding carboxylic acids is 3. The number of carbonyl (C=O) groups is 3. The number of nitrogens with one attached hydrogen (secondary N) is 1. The van der Waals surface area contributed by atoms with E-state index in [-0.39, 0.29) is 36.4 Å². The first-order valence-electron chi connectivity index (χ1n) is 10.9. The highest BCUT2D eigenvalue weighted by Crippen LogP contribution is 2.25. The van der Waals surface area contributed by atoms with Crippen LogP contribution in [0.1, 0.15) is 52.1 Å². The zero-order valence-electron chi connectivity index (χ0n) is 18.8. The van der Waals surface area contributed by atoms with E-state index in [4.69, 9.17) is 4.74 Å². The summed E-state index contributed by atoms with van der Waals surface area (Å²) in [5.41, 5.74) is 0.598. The molecule has 2 aromatic rings. The highest BCUT2D eigenvalue weighted by atomic mass is 16.5. The monoisotopic (exact) mass is 424 g/mol. The van der Waals surface area contributed by atoms with Crippen molar-refractivity contribution in [3.05, 3.63) is 48.0 Å². The molecule has 0 unspecified atom stereocenters. The number of ether oxygens (including phenoxy) is 1. The standard InChI is InChI=1S/C25H32N2O4/c1-17(20-11-7-9-18-8-5-6-10-21(18)20)26-22(28)16-31-23(29)19-12-14-27(15-13-19)24(30)25(2,3)4/h5-11,17,19H,12-16H2,1-4H3,(H,26,28)/t17-/m1/s1. The van der Waals surface area contributed by atoms with E-state index in [2.05, 4.69) is 5.32 Å². The van der Waals surface area contributed by atoms with Gasteiger partial charge in [0.25, 0.3) is 5.91 Å². The van der Waals surface area contributed by atoms with Crippen LogP contribution in [0.15, 0.2) is 42.5 Å². The van der Waals surface area contributed by atoms with Gasteiger partial charge in [-0.15, -0.1) is 0 Å². The molecule has 2 aromatic carbocycles. The number of hydrogen-bond donors (Lipinski definition) is 1. The topological polar surface area (TPSA) is 75.7 Å². The van der Waals surface area contributed by atoms with Gasteiger partial charge in [0.05, 0.1) is 12.0 Å². The van der Waals surface area contributed by atoms with Crippen molar-refractivity contribution >= 4 is 28.6 Å². The Balaban J connectivity index is 1.47. The van der Waals surface area contributed by atoms with Gasteiger partial charge in [-0.05, 0) is 36.1 Å². The second-order valence-corrected chi connectivity index (χ2v) is 9.28. The summed E-state index contributed by atoms with van der Waals surface area (Å²) in [7, 11) is 0. The van der Waals surface area contributed by atoms with Gasteiger partial charge in [-0.2, -0.15) is 0 Å². The fourth-order valence-corrected chi connectivity index (χ4v) is 4.04. The molecule has 1 heterocycles. The van der Waals surface area contributed by atoms with Crippen molar-refractivity contribution in [1.29, 1.82) is 0 Å². The number of benzene rings is 2. The lowest BCUT2D eigenvalue weighted by atomic mass is 9.91. The molecule has 0 bridgehead atoms. The summed E-state index contributed by atoms with van der Waals surface area (Å²) in [6.45, 7) is 8.40. The molecular formula is C25H32N2O4. The molecule has 1 atom stereocenters. The summed E-state index contributed by atoms with van der Waals surface area (Å²) in [5.74, 6) is -0.863. The molecule has 1 saturated heterocycles. The Hall–Kier alpha value is -2.89. The second-order valence-electron chi connectivity index (χ2n) is 9.28. The van der Waals surface area contributed by atoms with Crippen LogP contribution in [0.5, 0.6) is 0 Å². The van der Waals surface area contributed by atoms with Crippen LogP contribution < -0.4 is 5.32 Å². The summed E-state index contributed by atoms with van der Waals surface area (Å²) in [4.78, 5) is 38.9. The summed E-state index contributed by atoms with van der Waals surface area (Å²) in [6.07, 6.45) is 1.13. The van der Waals surface area contributed by atoms with Gasteiger partial charge < -0.3 is 15.0 Å². The van der Waals surface area contributed by atoms with Gasteiger partial charge in [0.15, 0.2) is 6.61 Å². The van der Waals surface area contributed by atoms with E-state index in [1.807, 2.05) is 75.1 Å². The maximum absolute atomic E-state index is 12.4. The van der Waals surface area contributed by atoms with Crippen molar-refractivity contribution in [2.45, 2.75) is 46.6 Å². The average Bonchev–Trinajstić information content (AvgIpc) is 2.76. The van der Waals surface area contributed by atoms with Crippen LogP contribution >= 0.6 is 0 Å². The SMILES string of the molecule is C[C@@H](NC(=O)COC(=O)C1CCN(C(=O)C(C)(C)C)CC1)c1cccc2ccccc12.